The Morgan fingerprint density at radius 3 is 0.194 bits per heavy atom. The number of benzene rings is 6. The maximum atomic E-state index is 13.4. The van der Waals surface area contributed by atoms with Crippen molar-refractivity contribution in [3.63, 3.8) is 0 Å². The van der Waals surface area contributed by atoms with Gasteiger partial charge in [-0.15, -0.1) is 0 Å². The summed E-state index contributed by atoms with van der Waals surface area (Å²) in [6.07, 6.45) is 0. The molecule has 357 valence electrons. The van der Waals surface area contributed by atoms with Crippen molar-refractivity contribution in [3.8, 4) is 33.4 Å². The second kappa shape index (κ2) is 19.9. The van der Waals surface area contributed by atoms with E-state index in [-0.39, 0.29) is 17.4 Å². The maximum Gasteiger partial charge on any atom is 0.200 e. The minimum Gasteiger partial charge on any atom is -0.203 e. The second-order valence-electron chi connectivity index (χ2n) is 11.7. The zero-order valence-electron chi connectivity index (χ0n) is 29.9. The number of halogens is 30. The predicted octanol–water partition coefficient (Wildman–Crippen LogP) is 13.9. The molecule has 0 saturated carbocycles. The summed E-state index contributed by atoms with van der Waals surface area (Å²) in [4.78, 5) is 0. The van der Waals surface area contributed by atoms with Crippen LogP contribution in [0.2, 0.25) is 0 Å². The highest BCUT2D eigenvalue weighted by Crippen LogP contribution is 2.40. The molecule has 0 aliphatic heterocycles. The molecule has 0 atom stereocenters. The Hall–Kier alpha value is -6.25. The molecule has 0 N–H and O–H groups in total. The Labute approximate surface area is 357 Å². The lowest BCUT2D eigenvalue weighted by molar-refractivity contribution is 0.370. The van der Waals surface area contributed by atoms with Crippen molar-refractivity contribution in [3.05, 3.63) is 175 Å². The molecule has 6 rings (SSSR count). The lowest BCUT2D eigenvalue weighted by Gasteiger charge is -2.11. The van der Waals surface area contributed by atoms with E-state index in [9.17, 15) is 132 Å². The van der Waals surface area contributed by atoms with Crippen LogP contribution in [0, 0.1) is 175 Å². The third-order valence-electron chi connectivity index (χ3n) is 8.01. The molecule has 31 heteroatoms. The Bertz CT molecular complexity index is 2340. The largest absolute Gasteiger partial charge is 0.203 e. The van der Waals surface area contributed by atoms with Gasteiger partial charge in [-0.3, -0.25) is 0 Å². The van der Waals surface area contributed by atoms with Crippen molar-refractivity contribution in [2.24, 2.45) is 0 Å². The van der Waals surface area contributed by atoms with Gasteiger partial charge in [-0.1, -0.05) is 0 Å². The topological polar surface area (TPSA) is 0 Å². The van der Waals surface area contributed by atoms with E-state index < -0.39 is 208 Å². The lowest BCUT2D eigenvalue weighted by Crippen LogP contribution is -2.10. The molecule has 6 aromatic carbocycles. The molecule has 0 spiro atoms. The smallest absolute Gasteiger partial charge is 0.200 e. The van der Waals surface area contributed by atoms with Gasteiger partial charge in [0.05, 0.1) is 33.4 Å². The van der Waals surface area contributed by atoms with E-state index in [1.165, 1.54) is 0 Å². The van der Waals surface area contributed by atoms with Gasteiger partial charge in [0.15, 0.2) is 140 Å². The van der Waals surface area contributed by atoms with Crippen molar-refractivity contribution < 1.29 is 132 Å². The molecule has 67 heavy (non-hydrogen) atoms. The average molecular weight is 1030 g/mol. The van der Waals surface area contributed by atoms with E-state index in [0.29, 0.717) is 0 Å². The Balaban J connectivity index is 0.000000264. The SMILES string of the molecule is Fc1c(F)c(F)c(-c2c(F)c(F)c(F)c(F)c2F)c(F)c1F.Fc1c(F)c(F)c(-c2c(F)c(F)c(F)c(F)c2F)c(F)c1F.Fc1c(F)c(F)c(-c2c(F)c(F)c(F)c(F)c2F)c(F)c1F.[Al]. The number of hydrogen-bond donors (Lipinski definition) is 0. The minimum atomic E-state index is -2.68. The van der Waals surface area contributed by atoms with Crippen LogP contribution >= 0.6 is 0 Å². The first-order valence-corrected chi connectivity index (χ1v) is 15.4. The van der Waals surface area contributed by atoms with Crippen LogP contribution < -0.4 is 0 Å². The van der Waals surface area contributed by atoms with Crippen LogP contribution in [0.3, 0.4) is 0 Å². The maximum absolute atomic E-state index is 13.4. The van der Waals surface area contributed by atoms with E-state index in [1.54, 1.807) is 0 Å². The second-order valence-corrected chi connectivity index (χ2v) is 11.7. The van der Waals surface area contributed by atoms with Crippen LogP contribution in [0.4, 0.5) is 132 Å². The quantitative estimate of drug-likeness (QED) is 0.0717. The summed E-state index contributed by atoms with van der Waals surface area (Å²) in [5, 5.41) is 0. The van der Waals surface area contributed by atoms with Gasteiger partial charge in [0.2, 0.25) is 34.9 Å². The highest BCUT2D eigenvalue weighted by atomic mass is 27.0. The standard InChI is InChI=1S/3C12F10.Al/c3*13-3-1(4(14)8(18)11(21)7(3)17)2-5(15)9(19)12(22)10(20)6(2)16;. The van der Waals surface area contributed by atoms with Gasteiger partial charge in [0.1, 0.15) is 0 Å². The van der Waals surface area contributed by atoms with Gasteiger partial charge in [-0.25, -0.2) is 132 Å². The first-order chi connectivity index (χ1) is 30.3. The molecule has 0 aliphatic rings. The van der Waals surface area contributed by atoms with Crippen molar-refractivity contribution in [2.75, 3.05) is 0 Å². The first-order valence-electron chi connectivity index (χ1n) is 15.4. The zero-order chi connectivity index (χ0) is 50.8. The molecular formula is C36AlF30. The van der Waals surface area contributed by atoms with Crippen LogP contribution in [0.25, 0.3) is 33.4 Å². The molecule has 0 aromatic heterocycles. The van der Waals surface area contributed by atoms with E-state index in [2.05, 4.69) is 0 Å². The van der Waals surface area contributed by atoms with Crippen molar-refractivity contribution >= 4 is 17.4 Å². The highest BCUT2D eigenvalue weighted by Gasteiger charge is 2.37. The van der Waals surface area contributed by atoms with Gasteiger partial charge in [-0.05, 0) is 0 Å². The van der Waals surface area contributed by atoms with Crippen LogP contribution in [-0.4, -0.2) is 17.4 Å². The molecule has 0 amide bonds. The van der Waals surface area contributed by atoms with Crippen LogP contribution in [0.15, 0.2) is 0 Å². The fourth-order valence-corrected chi connectivity index (χ4v) is 4.95. The third-order valence-corrected chi connectivity index (χ3v) is 8.01. The van der Waals surface area contributed by atoms with E-state index in [1.807, 2.05) is 0 Å². The molecule has 0 aliphatic carbocycles. The van der Waals surface area contributed by atoms with E-state index in [0.717, 1.165) is 0 Å². The summed E-state index contributed by atoms with van der Waals surface area (Å²) < 4.78 is 393. The van der Waals surface area contributed by atoms with Crippen molar-refractivity contribution in [1.29, 1.82) is 0 Å². The number of hydrogen-bond acceptors (Lipinski definition) is 0. The van der Waals surface area contributed by atoms with E-state index in [4.69, 9.17) is 0 Å². The van der Waals surface area contributed by atoms with Crippen LogP contribution in [-0.2, 0) is 0 Å². The van der Waals surface area contributed by atoms with Gasteiger partial charge in [0.25, 0.3) is 0 Å². The Morgan fingerprint density at radius 2 is 0.134 bits per heavy atom. The van der Waals surface area contributed by atoms with Crippen molar-refractivity contribution in [1.82, 2.24) is 0 Å². The summed E-state index contributed by atoms with van der Waals surface area (Å²) in [5.74, 6) is -79.9. The van der Waals surface area contributed by atoms with Gasteiger partial charge >= 0.3 is 0 Å². The molecule has 0 heterocycles. The zero-order valence-corrected chi connectivity index (χ0v) is 31.1. The Morgan fingerprint density at radius 1 is 0.0896 bits per heavy atom. The van der Waals surface area contributed by atoms with Gasteiger partial charge in [-0.2, -0.15) is 0 Å². The molecule has 3 radical (unpaired) electrons. The van der Waals surface area contributed by atoms with Crippen molar-refractivity contribution in [2.45, 2.75) is 0 Å². The summed E-state index contributed by atoms with van der Waals surface area (Å²) >= 11 is 0. The van der Waals surface area contributed by atoms with Crippen LogP contribution in [0.1, 0.15) is 0 Å². The summed E-state index contributed by atoms with van der Waals surface area (Å²) in [7, 11) is 0. The van der Waals surface area contributed by atoms with E-state index >= 15 is 0 Å². The first kappa shape index (κ1) is 55.1. The van der Waals surface area contributed by atoms with Gasteiger partial charge < -0.3 is 0 Å². The fraction of sp³-hybridized carbons (Fsp3) is 0. The molecular weight excluding hydrogens is 1030 g/mol. The summed E-state index contributed by atoms with van der Waals surface area (Å²) in [6.45, 7) is 0. The van der Waals surface area contributed by atoms with Gasteiger partial charge in [0, 0.05) is 17.4 Å². The monoisotopic (exact) mass is 1030 g/mol. The predicted molar refractivity (Wildman–Crippen MR) is 160 cm³/mol. The molecule has 0 fully saturated rings. The van der Waals surface area contributed by atoms with Crippen LogP contribution in [0.5, 0.6) is 0 Å². The Kier molecular flexibility index (Phi) is 16.4. The highest BCUT2D eigenvalue weighted by molar-refractivity contribution is 5.75. The fourth-order valence-electron chi connectivity index (χ4n) is 4.95. The normalized spacial score (nSPS) is 11.0. The average Bonchev–Trinajstić information content (AvgIpc) is 3.29. The molecule has 0 nitrogen and oxygen atoms in total. The summed E-state index contributed by atoms with van der Waals surface area (Å²) in [6, 6.07) is 0. The molecule has 0 saturated heterocycles. The lowest BCUT2D eigenvalue weighted by atomic mass is 10.0. The molecule has 6 aromatic rings. The summed E-state index contributed by atoms with van der Waals surface area (Å²) in [5.41, 5.74) is -13.6. The minimum absolute atomic E-state index is 0. The third kappa shape index (κ3) is 8.89. The molecule has 0 unspecified atom stereocenters. The number of rotatable bonds is 3. The molecule has 0 bridgehead atoms.